The zero-order valence-corrected chi connectivity index (χ0v) is 18.1. The van der Waals surface area contributed by atoms with Gasteiger partial charge in [-0.25, -0.2) is 4.79 Å². The zero-order chi connectivity index (χ0) is 20.8. The van der Waals surface area contributed by atoms with Gasteiger partial charge in [-0.15, -0.1) is 0 Å². The van der Waals surface area contributed by atoms with Gasteiger partial charge < -0.3 is 15.0 Å². The Morgan fingerprint density at radius 1 is 1.20 bits per heavy atom. The van der Waals surface area contributed by atoms with Crippen LogP contribution in [0.15, 0.2) is 60.8 Å². The van der Waals surface area contributed by atoms with Crippen molar-refractivity contribution >= 4 is 34.2 Å². The van der Waals surface area contributed by atoms with Crippen molar-refractivity contribution in [1.29, 1.82) is 0 Å². The van der Waals surface area contributed by atoms with E-state index in [1.165, 1.54) is 22.1 Å². The molecule has 1 aromatic heterocycles. The first-order valence-corrected chi connectivity index (χ1v) is 11.7. The molecule has 4 nitrogen and oxygen atoms in total. The molecule has 0 radical (unpaired) electrons. The number of carbonyl (C=O) groups is 1. The average molecular weight is 421 g/mol. The monoisotopic (exact) mass is 420 g/mol. The zero-order valence-electron chi connectivity index (χ0n) is 17.3. The molecule has 0 saturated heterocycles. The summed E-state index contributed by atoms with van der Waals surface area (Å²) in [4.78, 5) is 15.2. The molecule has 0 aliphatic carbocycles. The van der Waals surface area contributed by atoms with Gasteiger partial charge in [-0.2, -0.15) is 11.8 Å². The number of aromatic amines is 1. The van der Waals surface area contributed by atoms with Crippen molar-refractivity contribution in [3.8, 4) is 0 Å². The standard InChI is InChI=1S/C25H28N2O2S/c1-2-29-25(28)20-8-9-23-21(16-27-24(23)15-20)17-30-13-11-22-14-19(10-12-26-22)18-6-4-3-5-7-18/h3-10,15-16,22,26-27H,2,11-14,17H2,1H3. The molecule has 2 aromatic carbocycles. The number of aromatic nitrogens is 1. The van der Waals surface area contributed by atoms with Gasteiger partial charge in [0, 0.05) is 35.4 Å². The van der Waals surface area contributed by atoms with Crippen LogP contribution in [0.3, 0.4) is 0 Å². The summed E-state index contributed by atoms with van der Waals surface area (Å²) in [6.07, 6.45) is 6.62. The second-order valence-electron chi connectivity index (χ2n) is 7.54. The van der Waals surface area contributed by atoms with Gasteiger partial charge in [0.1, 0.15) is 0 Å². The highest BCUT2D eigenvalue weighted by atomic mass is 32.2. The smallest absolute Gasteiger partial charge is 0.338 e. The van der Waals surface area contributed by atoms with Crippen LogP contribution in [0, 0.1) is 0 Å². The third-order valence-electron chi connectivity index (χ3n) is 5.51. The molecular weight excluding hydrogens is 392 g/mol. The number of carbonyl (C=O) groups excluding carboxylic acids is 1. The number of fused-ring (bicyclic) bond motifs is 1. The maximum absolute atomic E-state index is 11.9. The number of hydrogen-bond donors (Lipinski definition) is 2. The highest BCUT2D eigenvalue weighted by molar-refractivity contribution is 7.98. The molecule has 1 atom stereocenters. The summed E-state index contributed by atoms with van der Waals surface area (Å²) in [5, 5.41) is 4.81. The van der Waals surface area contributed by atoms with Gasteiger partial charge in [0.25, 0.3) is 0 Å². The third kappa shape index (κ3) is 4.97. The van der Waals surface area contributed by atoms with Crippen molar-refractivity contribution < 1.29 is 9.53 Å². The number of benzene rings is 2. The van der Waals surface area contributed by atoms with Crippen LogP contribution in [0.25, 0.3) is 16.5 Å². The molecule has 0 bridgehead atoms. The molecule has 0 amide bonds. The summed E-state index contributed by atoms with van der Waals surface area (Å²) in [6.45, 7) is 3.16. The van der Waals surface area contributed by atoms with Gasteiger partial charge in [-0.1, -0.05) is 42.5 Å². The minimum atomic E-state index is -0.270. The highest BCUT2D eigenvalue weighted by Crippen LogP contribution is 2.27. The second-order valence-corrected chi connectivity index (χ2v) is 8.65. The first-order valence-electron chi connectivity index (χ1n) is 10.6. The summed E-state index contributed by atoms with van der Waals surface area (Å²) in [5.74, 6) is 1.81. The van der Waals surface area contributed by atoms with Crippen molar-refractivity contribution in [3.63, 3.8) is 0 Å². The Morgan fingerprint density at radius 3 is 2.90 bits per heavy atom. The number of rotatable bonds is 8. The van der Waals surface area contributed by atoms with Crippen molar-refractivity contribution in [2.75, 3.05) is 18.9 Å². The van der Waals surface area contributed by atoms with Crippen LogP contribution in [0.4, 0.5) is 0 Å². The summed E-state index contributed by atoms with van der Waals surface area (Å²) in [7, 11) is 0. The fourth-order valence-corrected chi connectivity index (χ4v) is 4.97. The van der Waals surface area contributed by atoms with E-state index in [-0.39, 0.29) is 5.97 Å². The van der Waals surface area contributed by atoms with Crippen LogP contribution in [-0.2, 0) is 10.5 Å². The molecule has 5 heteroatoms. The van der Waals surface area contributed by atoms with Gasteiger partial charge >= 0.3 is 5.97 Å². The van der Waals surface area contributed by atoms with E-state index in [1.807, 2.05) is 36.9 Å². The van der Waals surface area contributed by atoms with Crippen LogP contribution < -0.4 is 5.32 Å². The molecule has 1 unspecified atom stereocenters. The van der Waals surface area contributed by atoms with Crippen LogP contribution in [0.5, 0.6) is 0 Å². The first kappa shape index (κ1) is 20.8. The second kappa shape index (κ2) is 10.0. The van der Waals surface area contributed by atoms with E-state index in [2.05, 4.69) is 52.9 Å². The van der Waals surface area contributed by atoms with E-state index in [0.29, 0.717) is 18.2 Å². The Morgan fingerprint density at radius 2 is 2.07 bits per heavy atom. The Bertz CT molecular complexity index is 1030. The average Bonchev–Trinajstić information content (AvgIpc) is 3.20. The molecule has 3 aromatic rings. The molecule has 1 aliphatic heterocycles. The predicted molar refractivity (Wildman–Crippen MR) is 126 cm³/mol. The minimum absolute atomic E-state index is 0.270. The molecule has 0 saturated carbocycles. The molecule has 4 rings (SSSR count). The van der Waals surface area contributed by atoms with E-state index < -0.39 is 0 Å². The fraction of sp³-hybridized carbons (Fsp3) is 0.320. The van der Waals surface area contributed by atoms with Gasteiger partial charge in [-0.05, 0) is 54.4 Å². The highest BCUT2D eigenvalue weighted by Gasteiger charge is 2.16. The Hall–Kier alpha value is -2.50. The van der Waals surface area contributed by atoms with Crippen molar-refractivity contribution in [3.05, 3.63) is 77.5 Å². The number of nitrogens with one attached hydrogen (secondary N) is 2. The van der Waals surface area contributed by atoms with E-state index in [1.54, 1.807) is 0 Å². The molecular formula is C25H28N2O2S. The van der Waals surface area contributed by atoms with E-state index in [9.17, 15) is 4.79 Å². The normalized spacial score (nSPS) is 16.4. The van der Waals surface area contributed by atoms with Crippen LogP contribution >= 0.6 is 11.8 Å². The lowest BCUT2D eigenvalue weighted by atomic mass is 9.94. The van der Waals surface area contributed by atoms with E-state index in [0.717, 1.165) is 36.4 Å². The maximum atomic E-state index is 11.9. The third-order valence-corrected chi connectivity index (χ3v) is 6.55. The van der Waals surface area contributed by atoms with Crippen LogP contribution in [0.2, 0.25) is 0 Å². The van der Waals surface area contributed by atoms with Crippen molar-refractivity contribution in [2.24, 2.45) is 0 Å². The molecule has 0 fully saturated rings. The summed E-state index contributed by atoms with van der Waals surface area (Å²) in [6, 6.07) is 17.0. The number of esters is 1. The van der Waals surface area contributed by atoms with Crippen molar-refractivity contribution in [2.45, 2.75) is 31.6 Å². The lowest BCUT2D eigenvalue weighted by molar-refractivity contribution is 0.0526. The number of H-pyrrole nitrogens is 1. The van der Waals surface area contributed by atoms with Crippen LogP contribution in [-0.4, -0.2) is 35.9 Å². The van der Waals surface area contributed by atoms with Gasteiger partial charge in [-0.3, -0.25) is 0 Å². The topological polar surface area (TPSA) is 54.1 Å². The fourth-order valence-electron chi connectivity index (χ4n) is 3.92. The van der Waals surface area contributed by atoms with Gasteiger partial charge in [0.15, 0.2) is 0 Å². The Balaban J connectivity index is 1.28. The Kier molecular flexibility index (Phi) is 6.92. The lowest BCUT2D eigenvalue weighted by Gasteiger charge is -2.24. The molecule has 2 heterocycles. The number of thioether (sulfide) groups is 1. The minimum Gasteiger partial charge on any atom is -0.462 e. The largest absolute Gasteiger partial charge is 0.462 e. The van der Waals surface area contributed by atoms with Crippen LogP contribution in [0.1, 0.15) is 41.3 Å². The van der Waals surface area contributed by atoms with Gasteiger partial charge in [0.05, 0.1) is 12.2 Å². The SMILES string of the molecule is CCOC(=O)c1ccc2c(CSCCC3CC(c4ccccc4)=CCN3)c[nH]c2c1. The predicted octanol–water partition coefficient (Wildman–Crippen LogP) is 5.41. The summed E-state index contributed by atoms with van der Waals surface area (Å²) < 4.78 is 5.09. The van der Waals surface area contributed by atoms with E-state index >= 15 is 0 Å². The lowest BCUT2D eigenvalue weighted by Crippen LogP contribution is -2.33. The molecule has 1 aliphatic rings. The molecule has 156 valence electrons. The quantitative estimate of drug-likeness (QED) is 0.378. The van der Waals surface area contributed by atoms with Gasteiger partial charge in [0.2, 0.25) is 0 Å². The maximum Gasteiger partial charge on any atom is 0.338 e. The molecule has 2 N–H and O–H groups in total. The molecule has 30 heavy (non-hydrogen) atoms. The first-order chi connectivity index (χ1) is 14.7. The summed E-state index contributed by atoms with van der Waals surface area (Å²) in [5.41, 5.74) is 5.67. The summed E-state index contributed by atoms with van der Waals surface area (Å²) >= 11 is 1.96. The van der Waals surface area contributed by atoms with E-state index in [4.69, 9.17) is 4.74 Å². The number of ether oxygens (including phenoxy) is 1. The molecule has 0 spiro atoms. The number of hydrogen-bond acceptors (Lipinski definition) is 4. The van der Waals surface area contributed by atoms with Crippen molar-refractivity contribution in [1.82, 2.24) is 10.3 Å². The Labute approximate surface area is 182 Å².